The molecule has 232 valence electrons. The number of thiazole rings is 1. The number of anilines is 1. The maximum atomic E-state index is 13.5. The lowest BCUT2D eigenvalue weighted by Gasteiger charge is -2.28. The molecule has 1 fully saturated rings. The predicted octanol–water partition coefficient (Wildman–Crippen LogP) is 3.32. The van der Waals surface area contributed by atoms with E-state index < -0.39 is 15.7 Å². The standard InChI is InChI=1S/C29H33N7O6S2/c1-36-15-11-21(12-16-36)42-25-10-9-23-28(33-25)43-29(32-23)34-27(37)26(35-41-19-24-30-13-3-14-31-24)20-5-7-22(8-6-20)44(38,39)18-4-17-40-2/h3,5-10,13-14,21H,4,11-12,15-19H2,1-2H3,(H,32,34,37)/b35-26+. The van der Waals surface area contributed by atoms with E-state index in [9.17, 15) is 13.2 Å². The van der Waals surface area contributed by atoms with Gasteiger partial charge in [-0.05, 0) is 50.6 Å². The Labute approximate surface area is 259 Å². The topological polar surface area (TPSA) is 158 Å². The van der Waals surface area contributed by atoms with Gasteiger partial charge in [0.05, 0.1) is 10.6 Å². The van der Waals surface area contributed by atoms with Crippen LogP contribution in [0, 0.1) is 0 Å². The Morgan fingerprint density at radius 3 is 2.57 bits per heavy atom. The van der Waals surface area contributed by atoms with E-state index in [1.165, 1.54) is 42.7 Å². The lowest BCUT2D eigenvalue weighted by atomic mass is 10.1. The summed E-state index contributed by atoms with van der Waals surface area (Å²) in [6.45, 7) is 2.21. The number of methoxy groups -OCH3 is 1. The minimum atomic E-state index is -3.52. The van der Waals surface area contributed by atoms with E-state index >= 15 is 0 Å². The molecule has 1 amide bonds. The summed E-state index contributed by atoms with van der Waals surface area (Å²) < 4.78 is 36.5. The van der Waals surface area contributed by atoms with Gasteiger partial charge in [0.25, 0.3) is 5.91 Å². The van der Waals surface area contributed by atoms with Gasteiger partial charge in [-0.1, -0.05) is 28.6 Å². The molecule has 1 N–H and O–H groups in total. The maximum absolute atomic E-state index is 13.5. The largest absolute Gasteiger partial charge is 0.474 e. The number of likely N-dealkylation sites (tertiary alicyclic amines) is 1. The molecule has 1 aromatic carbocycles. The summed E-state index contributed by atoms with van der Waals surface area (Å²) in [4.78, 5) is 39.2. The molecule has 44 heavy (non-hydrogen) atoms. The number of nitrogens with zero attached hydrogens (tertiary/aromatic N) is 6. The number of hydrogen-bond acceptors (Lipinski definition) is 13. The summed E-state index contributed by atoms with van der Waals surface area (Å²) >= 11 is 1.20. The number of oxime groups is 1. The molecule has 0 atom stereocenters. The molecule has 3 aromatic heterocycles. The van der Waals surface area contributed by atoms with Gasteiger partial charge < -0.3 is 19.2 Å². The number of carbonyl (C=O) groups excluding carboxylic acids is 1. The SMILES string of the molecule is COCCCS(=O)(=O)c1ccc(/C(=N\OCc2ncccn2)C(=O)Nc2nc3ccc(OC4CCN(C)CC4)nc3s2)cc1. The highest BCUT2D eigenvalue weighted by Gasteiger charge is 2.22. The smallest absolute Gasteiger partial charge is 0.280 e. The molecule has 0 saturated carbocycles. The van der Waals surface area contributed by atoms with Crippen molar-refractivity contribution in [2.24, 2.45) is 5.16 Å². The van der Waals surface area contributed by atoms with E-state index in [-0.39, 0.29) is 29.1 Å². The predicted molar refractivity (Wildman–Crippen MR) is 166 cm³/mol. The van der Waals surface area contributed by atoms with Crippen molar-refractivity contribution in [2.45, 2.75) is 36.9 Å². The van der Waals surface area contributed by atoms with Crippen LogP contribution < -0.4 is 10.1 Å². The average Bonchev–Trinajstić information content (AvgIpc) is 3.42. The molecule has 0 aliphatic carbocycles. The highest BCUT2D eigenvalue weighted by Crippen LogP contribution is 2.28. The molecule has 1 aliphatic heterocycles. The molecule has 1 saturated heterocycles. The van der Waals surface area contributed by atoms with Crippen molar-refractivity contribution < 1.29 is 27.5 Å². The summed E-state index contributed by atoms with van der Waals surface area (Å²) in [5.41, 5.74) is 0.878. The van der Waals surface area contributed by atoms with Crippen LogP contribution in [0.5, 0.6) is 5.88 Å². The van der Waals surface area contributed by atoms with E-state index in [1.54, 1.807) is 24.5 Å². The average molecular weight is 640 g/mol. The van der Waals surface area contributed by atoms with E-state index in [1.807, 2.05) is 6.07 Å². The van der Waals surface area contributed by atoms with Crippen LogP contribution in [0.3, 0.4) is 0 Å². The van der Waals surface area contributed by atoms with E-state index in [4.69, 9.17) is 14.3 Å². The Bertz CT molecular complexity index is 1690. The van der Waals surface area contributed by atoms with Crippen LogP contribution >= 0.6 is 11.3 Å². The number of aromatic nitrogens is 4. The number of carbonyl (C=O) groups is 1. The number of nitrogens with one attached hydrogen (secondary N) is 1. The second-order valence-corrected chi connectivity index (χ2v) is 13.2. The highest BCUT2D eigenvalue weighted by atomic mass is 32.2. The number of ether oxygens (including phenoxy) is 2. The Hall–Kier alpha value is -4.05. The highest BCUT2D eigenvalue weighted by molar-refractivity contribution is 7.91. The summed E-state index contributed by atoms with van der Waals surface area (Å²) in [6, 6.07) is 11.2. The van der Waals surface area contributed by atoms with Gasteiger partial charge in [-0.2, -0.15) is 0 Å². The van der Waals surface area contributed by atoms with Crippen LogP contribution in [0.25, 0.3) is 10.3 Å². The van der Waals surface area contributed by atoms with E-state index in [0.717, 1.165) is 25.9 Å². The molecular weight excluding hydrogens is 606 g/mol. The zero-order valence-electron chi connectivity index (χ0n) is 24.4. The quantitative estimate of drug-likeness (QED) is 0.130. The molecule has 4 aromatic rings. The van der Waals surface area contributed by atoms with Gasteiger partial charge in [-0.25, -0.2) is 28.4 Å². The van der Waals surface area contributed by atoms with Gasteiger partial charge in [0.1, 0.15) is 16.5 Å². The fourth-order valence-electron chi connectivity index (χ4n) is 4.46. The van der Waals surface area contributed by atoms with E-state index in [2.05, 4.69) is 42.4 Å². The lowest BCUT2D eigenvalue weighted by molar-refractivity contribution is -0.110. The van der Waals surface area contributed by atoms with Crippen molar-refractivity contribution >= 4 is 48.3 Å². The Balaban J connectivity index is 1.33. The Kier molecular flexibility index (Phi) is 10.4. The minimum absolute atomic E-state index is 0.0573. The number of fused-ring (bicyclic) bond motifs is 1. The summed E-state index contributed by atoms with van der Waals surface area (Å²) in [6.07, 6.45) is 5.48. The van der Waals surface area contributed by atoms with Crippen molar-refractivity contribution in [1.29, 1.82) is 0 Å². The van der Waals surface area contributed by atoms with Crippen molar-refractivity contribution in [3.05, 3.63) is 66.2 Å². The summed E-state index contributed by atoms with van der Waals surface area (Å²) in [7, 11) is 0.0939. The molecule has 1 aliphatic rings. The van der Waals surface area contributed by atoms with Gasteiger partial charge in [-0.3, -0.25) is 10.1 Å². The van der Waals surface area contributed by atoms with Crippen LogP contribution in [0.2, 0.25) is 0 Å². The van der Waals surface area contributed by atoms with Crippen LogP contribution in [-0.4, -0.2) is 90.6 Å². The first-order valence-electron chi connectivity index (χ1n) is 14.0. The van der Waals surface area contributed by atoms with Crippen molar-refractivity contribution in [3.8, 4) is 5.88 Å². The lowest BCUT2D eigenvalue weighted by Crippen LogP contribution is -2.35. The molecule has 0 spiro atoms. The number of hydrogen-bond donors (Lipinski definition) is 1. The maximum Gasteiger partial charge on any atom is 0.280 e. The van der Waals surface area contributed by atoms with Crippen molar-refractivity contribution in [3.63, 3.8) is 0 Å². The Morgan fingerprint density at radius 1 is 1.09 bits per heavy atom. The number of piperidine rings is 1. The third-order valence-corrected chi connectivity index (χ3v) is 9.53. The normalized spacial score (nSPS) is 14.9. The third kappa shape index (κ3) is 8.31. The number of pyridine rings is 1. The molecule has 4 heterocycles. The number of rotatable bonds is 13. The fourth-order valence-corrected chi connectivity index (χ4v) is 6.57. The monoisotopic (exact) mass is 639 g/mol. The second-order valence-electron chi connectivity index (χ2n) is 10.1. The summed E-state index contributed by atoms with van der Waals surface area (Å²) in [5, 5.41) is 7.15. The number of sulfone groups is 1. The molecule has 0 unspecified atom stereocenters. The molecule has 13 nitrogen and oxygen atoms in total. The zero-order valence-corrected chi connectivity index (χ0v) is 26.0. The van der Waals surface area contributed by atoms with Gasteiger partial charge in [0.2, 0.25) is 5.88 Å². The number of benzene rings is 1. The van der Waals surface area contributed by atoms with Crippen LogP contribution in [0.15, 0.2) is 64.9 Å². The zero-order chi connectivity index (χ0) is 30.9. The van der Waals surface area contributed by atoms with Crippen LogP contribution in [0.1, 0.15) is 30.7 Å². The summed E-state index contributed by atoms with van der Waals surface area (Å²) in [5.74, 6) is 0.239. The first-order chi connectivity index (χ1) is 21.3. The molecule has 0 bridgehead atoms. The van der Waals surface area contributed by atoms with Crippen LogP contribution in [0.4, 0.5) is 5.13 Å². The van der Waals surface area contributed by atoms with Gasteiger partial charge in [0, 0.05) is 50.8 Å². The third-order valence-electron chi connectivity index (χ3n) is 6.84. The van der Waals surface area contributed by atoms with Crippen molar-refractivity contribution in [1.82, 2.24) is 24.8 Å². The van der Waals surface area contributed by atoms with E-state index in [0.29, 0.717) is 45.8 Å². The second kappa shape index (κ2) is 14.6. The first-order valence-corrected chi connectivity index (χ1v) is 16.5. The number of amides is 1. The molecule has 15 heteroatoms. The van der Waals surface area contributed by atoms with Crippen LogP contribution in [-0.2, 0) is 30.8 Å². The molecular formula is C29H33N7O6S2. The Morgan fingerprint density at radius 2 is 1.84 bits per heavy atom. The molecule has 0 radical (unpaired) electrons. The molecule has 5 rings (SSSR count). The van der Waals surface area contributed by atoms with Gasteiger partial charge in [-0.15, -0.1) is 0 Å². The first kappa shape index (κ1) is 31.4. The van der Waals surface area contributed by atoms with Gasteiger partial charge >= 0.3 is 0 Å². The van der Waals surface area contributed by atoms with Crippen molar-refractivity contribution in [2.75, 3.05) is 44.9 Å². The van der Waals surface area contributed by atoms with Gasteiger partial charge in [0.15, 0.2) is 33.1 Å². The fraction of sp³-hybridized carbons (Fsp3) is 0.379. The minimum Gasteiger partial charge on any atom is -0.474 e.